The predicted octanol–water partition coefficient (Wildman–Crippen LogP) is 5.27. The van der Waals surface area contributed by atoms with Gasteiger partial charge in [-0.15, -0.1) is 15.3 Å². The Kier molecular flexibility index (Phi) is 6.61. The first-order valence-electron chi connectivity index (χ1n) is 8.60. The van der Waals surface area contributed by atoms with Crippen molar-refractivity contribution in [3.05, 3.63) is 51.1 Å². The molecule has 1 N–H and O–H groups in total. The lowest BCUT2D eigenvalue weighted by Crippen LogP contribution is -1.98. The van der Waals surface area contributed by atoms with Gasteiger partial charge in [0.15, 0.2) is 4.34 Å². The third-order valence-electron chi connectivity index (χ3n) is 3.94. The van der Waals surface area contributed by atoms with E-state index in [-0.39, 0.29) is 5.92 Å². The van der Waals surface area contributed by atoms with Crippen molar-refractivity contribution in [3.8, 4) is 0 Å². The van der Waals surface area contributed by atoms with Crippen LogP contribution in [0.5, 0.6) is 0 Å². The number of benzene rings is 1. The second-order valence-corrected chi connectivity index (χ2v) is 9.29. The van der Waals surface area contributed by atoms with Crippen LogP contribution in [0.4, 0.5) is 0 Å². The molecule has 1 atom stereocenters. The Balaban J connectivity index is 1.56. The van der Waals surface area contributed by atoms with E-state index < -0.39 is 0 Å². The number of aromatic amines is 1. The van der Waals surface area contributed by atoms with Gasteiger partial charge in [-0.1, -0.05) is 68.1 Å². The van der Waals surface area contributed by atoms with E-state index in [1.54, 1.807) is 23.1 Å². The lowest BCUT2D eigenvalue weighted by Gasteiger charge is -2.10. The van der Waals surface area contributed by atoms with E-state index >= 15 is 0 Å². The van der Waals surface area contributed by atoms with Gasteiger partial charge in [0, 0.05) is 18.1 Å². The molecule has 5 nitrogen and oxygen atoms in total. The minimum atomic E-state index is 0.249. The van der Waals surface area contributed by atoms with E-state index in [1.807, 2.05) is 0 Å². The maximum atomic E-state index is 5.26. The molecule has 8 heteroatoms. The topological polar surface area (TPSA) is 67.6 Å². The summed E-state index contributed by atoms with van der Waals surface area (Å²) in [4.78, 5) is 0.316. The first kappa shape index (κ1) is 19.3. The highest BCUT2D eigenvalue weighted by Gasteiger charge is 2.15. The quantitative estimate of drug-likeness (QED) is 0.406. The van der Waals surface area contributed by atoms with Crippen LogP contribution in [-0.2, 0) is 12.8 Å². The van der Waals surface area contributed by atoms with Crippen molar-refractivity contribution in [2.45, 2.75) is 43.9 Å². The first-order valence-corrected chi connectivity index (χ1v) is 10.8. The highest BCUT2D eigenvalue weighted by atomic mass is 32.2. The van der Waals surface area contributed by atoms with Gasteiger partial charge in [-0.2, -0.15) is 0 Å². The normalized spacial score (nSPS) is 12.6. The number of hydrogen-bond acceptors (Lipinski definition) is 7. The number of aromatic nitrogens is 4. The molecular formula is C18H22N4OS3. The molecule has 1 unspecified atom stereocenters. The summed E-state index contributed by atoms with van der Waals surface area (Å²) in [5.74, 6) is 2.38. The van der Waals surface area contributed by atoms with Gasteiger partial charge < -0.3 is 4.42 Å². The van der Waals surface area contributed by atoms with Crippen LogP contribution >= 0.6 is 35.3 Å². The lowest BCUT2D eigenvalue weighted by atomic mass is 9.97. The number of nitrogens with zero attached hydrogens (tertiary/aromatic N) is 3. The van der Waals surface area contributed by atoms with Crippen LogP contribution in [-0.4, -0.2) is 26.1 Å². The summed E-state index contributed by atoms with van der Waals surface area (Å²) in [5, 5.41) is 16.4. The molecule has 0 amide bonds. The summed E-state index contributed by atoms with van der Waals surface area (Å²) in [6.07, 6.45) is 1.82. The van der Waals surface area contributed by atoms with Crippen molar-refractivity contribution >= 4 is 35.3 Å². The molecule has 0 fully saturated rings. The SMILES string of the molecule is CC(C)Cc1ccc(C(C)c2nnc(SCCc3n[nH]c(=S)o3)s2)cc1. The van der Waals surface area contributed by atoms with Gasteiger partial charge in [-0.25, -0.2) is 5.10 Å². The van der Waals surface area contributed by atoms with E-state index in [1.165, 1.54) is 11.1 Å². The Morgan fingerprint density at radius 3 is 2.62 bits per heavy atom. The fraction of sp³-hybridized carbons (Fsp3) is 0.444. The van der Waals surface area contributed by atoms with Gasteiger partial charge in [0.1, 0.15) is 5.01 Å². The van der Waals surface area contributed by atoms with Crippen molar-refractivity contribution in [1.29, 1.82) is 0 Å². The fourth-order valence-electron chi connectivity index (χ4n) is 2.60. The lowest BCUT2D eigenvalue weighted by molar-refractivity contribution is 0.488. The molecule has 0 radical (unpaired) electrons. The molecule has 0 bridgehead atoms. The maximum Gasteiger partial charge on any atom is 0.284 e. The second-order valence-electron chi connectivity index (χ2n) is 6.57. The summed E-state index contributed by atoms with van der Waals surface area (Å²) in [6.45, 7) is 6.67. The average Bonchev–Trinajstić information content (AvgIpc) is 3.24. The van der Waals surface area contributed by atoms with E-state index in [0.717, 1.165) is 21.5 Å². The number of H-pyrrole nitrogens is 1. The minimum Gasteiger partial charge on any atom is -0.414 e. The van der Waals surface area contributed by atoms with Gasteiger partial charge in [0.2, 0.25) is 5.89 Å². The molecular weight excluding hydrogens is 384 g/mol. The molecule has 0 saturated carbocycles. The van der Waals surface area contributed by atoms with Gasteiger partial charge in [-0.3, -0.25) is 0 Å². The largest absolute Gasteiger partial charge is 0.414 e. The second kappa shape index (κ2) is 8.92. The number of hydrogen-bond donors (Lipinski definition) is 1. The van der Waals surface area contributed by atoms with Gasteiger partial charge >= 0.3 is 0 Å². The summed E-state index contributed by atoms with van der Waals surface area (Å²) >= 11 is 8.19. The van der Waals surface area contributed by atoms with E-state index in [0.29, 0.717) is 23.1 Å². The van der Waals surface area contributed by atoms with Crippen molar-refractivity contribution < 1.29 is 4.42 Å². The van der Waals surface area contributed by atoms with E-state index in [4.69, 9.17) is 16.6 Å². The molecule has 0 aliphatic rings. The Morgan fingerprint density at radius 2 is 1.96 bits per heavy atom. The number of thioether (sulfide) groups is 1. The molecule has 0 spiro atoms. The Bertz CT molecular complexity index is 882. The van der Waals surface area contributed by atoms with Crippen molar-refractivity contribution in [1.82, 2.24) is 20.4 Å². The van der Waals surface area contributed by atoms with E-state index in [9.17, 15) is 0 Å². The van der Waals surface area contributed by atoms with Crippen molar-refractivity contribution in [2.24, 2.45) is 5.92 Å². The zero-order valence-electron chi connectivity index (χ0n) is 15.1. The molecule has 3 aromatic rings. The summed E-state index contributed by atoms with van der Waals surface area (Å²) in [7, 11) is 0. The molecule has 26 heavy (non-hydrogen) atoms. The van der Waals surface area contributed by atoms with Crippen LogP contribution in [0.15, 0.2) is 33.0 Å². The zero-order valence-corrected chi connectivity index (χ0v) is 17.5. The smallest absolute Gasteiger partial charge is 0.284 e. The average molecular weight is 407 g/mol. The van der Waals surface area contributed by atoms with Crippen LogP contribution in [0.3, 0.4) is 0 Å². The van der Waals surface area contributed by atoms with Crippen molar-refractivity contribution in [2.75, 3.05) is 5.75 Å². The molecule has 0 saturated heterocycles. The Labute approximate surface area is 166 Å². The highest BCUT2D eigenvalue weighted by molar-refractivity contribution is 8.01. The highest BCUT2D eigenvalue weighted by Crippen LogP contribution is 2.31. The molecule has 2 aromatic heterocycles. The molecule has 3 rings (SSSR count). The fourth-order valence-corrected chi connectivity index (χ4v) is 4.69. The monoisotopic (exact) mass is 406 g/mol. The molecule has 138 valence electrons. The molecule has 2 heterocycles. The predicted molar refractivity (Wildman–Crippen MR) is 109 cm³/mol. The van der Waals surface area contributed by atoms with Crippen LogP contribution in [0.25, 0.3) is 0 Å². The summed E-state index contributed by atoms with van der Waals surface area (Å²) in [5.41, 5.74) is 2.66. The zero-order chi connectivity index (χ0) is 18.5. The third-order valence-corrected chi connectivity index (χ3v) is 6.36. The molecule has 0 aliphatic heterocycles. The Hall–Kier alpha value is -1.51. The van der Waals surface area contributed by atoms with Crippen LogP contribution in [0.1, 0.15) is 48.7 Å². The molecule has 1 aromatic carbocycles. The molecule has 0 aliphatic carbocycles. The standard InChI is InChI=1S/C18H22N4OS3/c1-11(2)10-13-4-6-14(7-5-13)12(3)16-20-22-18(26-16)25-9-8-15-19-21-17(24)23-15/h4-7,11-12H,8-10H2,1-3H3,(H,21,24). The van der Waals surface area contributed by atoms with E-state index in [2.05, 4.69) is 65.4 Å². The van der Waals surface area contributed by atoms with Crippen LogP contribution < -0.4 is 0 Å². The maximum absolute atomic E-state index is 5.26. The number of aryl methyl sites for hydroxylation is 1. The first-order chi connectivity index (χ1) is 12.5. The third kappa shape index (κ3) is 5.25. The van der Waals surface area contributed by atoms with Gasteiger partial charge in [0.05, 0.1) is 0 Å². The van der Waals surface area contributed by atoms with Crippen LogP contribution in [0, 0.1) is 10.8 Å². The van der Waals surface area contributed by atoms with Crippen molar-refractivity contribution in [3.63, 3.8) is 0 Å². The van der Waals surface area contributed by atoms with Gasteiger partial charge in [0.25, 0.3) is 4.84 Å². The summed E-state index contributed by atoms with van der Waals surface area (Å²) < 4.78 is 6.23. The summed E-state index contributed by atoms with van der Waals surface area (Å²) in [6, 6.07) is 8.87. The number of nitrogens with one attached hydrogen (secondary N) is 1. The minimum absolute atomic E-state index is 0.249. The van der Waals surface area contributed by atoms with Crippen LogP contribution in [0.2, 0.25) is 0 Å². The number of rotatable bonds is 8. The Morgan fingerprint density at radius 1 is 1.19 bits per heavy atom. The van der Waals surface area contributed by atoms with Gasteiger partial charge in [-0.05, 0) is 35.7 Å².